The van der Waals surface area contributed by atoms with Gasteiger partial charge in [0.2, 0.25) is 5.82 Å². The fourth-order valence-electron chi connectivity index (χ4n) is 3.57. The molecule has 0 atom stereocenters. The number of alkyl halides is 3. The van der Waals surface area contributed by atoms with E-state index in [1.807, 2.05) is 11.0 Å². The summed E-state index contributed by atoms with van der Waals surface area (Å²) >= 11 is 1.52. The van der Waals surface area contributed by atoms with E-state index >= 15 is 0 Å². The van der Waals surface area contributed by atoms with Gasteiger partial charge in [-0.15, -0.1) is 21.5 Å². The van der Waals surface area contributed by atoms with Crippen molar-refractivity contribution < 1.29 is 27.8 Å². The molecular weight excluding hydrogens is 463 g/mol. The molecule has 0 bridgehead atoms. The Balaban J connectivity index is 1.60. The number of ether oxygens (including phenoxy) is 1. The van der Waals surface area contributed by atoms with Crippen LogP contribution in [0.3, 0.4) is 0 Å². The first-order valence-corrected chi connectivity index (χ1v) is 11.2. The lowest BCUT2D eigenvalue weighted by atomic mass is 10.2. The number of thiophene rings is 1. The molecule has 0 amide bonds. The fourth-order valence-corrected chi connectivity index (χ4v) is 4.69. The molecular formula is C19H22F3N7O3S. The molecule has 33 heavy (non-hydrogen) atoms. The van der Waals surface area contributed by atoms with Gasteiger partial charge in [-0.05, 0) is 12.5 Å². The van der Waals surface area contributed by atoms with E-state index < -0.39 is 18.0 Å². The monoisotopic (exact) mass is 485 g/mol. The van der Waals surface area contributed by atoms with Crippen LogP contribution in [-0.2, 0) is 30.5 Å². The summed E-state index contributed by atoms with van der Waals surface area (Å²) in [6, 6.07) is 2.14. The number of anilines is 1. The van der Waals surface area contributed by atoms with Gasteiger partial charge in [0.15, 0.2) is 5.82 Å². The van der Waals surface area contributed by atoms with Crippen LogP contribution in [0, 0.1) is 0 Å². The Morgan fingerprint density at radius 2 is 2.12 bits per heavy atom. The van der Waals surface area contributed by atoms with Gasteiger partial charge in [-0.3, -0.25) is 4.79 Å². The molecule has 0 spiro atoms. The number of hydrogen-bond acceptors (Lipinski definition) is 9. The Morgan fingerprint density at radius 3 is 2.85 bits per heavy atom. The van der Waals surface area contributed by atoms with Crippen LogP contribution < -0.4 is 15.0 Å². The molecule has 178 valence electrons. The van der Waals surface area contributed by atoms with Crippen molar-refractivity contribution in [1.29, 1.82) is 0 Å². The number of nitrogens with zero attached hydrogens (tertiary/aromatic N) is 6. The van der Waals surface area contributed by atoms with Crippen molar-refractivity contribution in [3.05, 3.63) is 22.6 Å². The van der Waals surface area contributed by atoms with Crippen LogP contribution in [0.2, 0.25) is 0 Å². The summed E-state index contributed by atoms with van der Waals surface area (Å²) in [5.74, 6) is -1.19. The van der Waals surface area contributed by atoms with Gasteiger partial charge in [-0.25, -0.2) is 0 Å². The van der Waals surface area contributed by atoms with Gasteiger partial charge in [-0.2, -0.15) is 23.1 Å². The zero-order valence-corrected chi connectivity index (χ0v) is 18.5. The van der Waals surface area contributed by atoms with Gasteiger partial charge in [-0.1, -0.05) is 13.3 Å². The molecule has 3 aromatic heterocycles. The molecule has 0 aromatic carbocycles. The van der Waals surface area contributed by atoms with Crippen molar-refractivity contribution in [1.82, 2.24) is 30.0 Å². The van der Waals surface area contributed by atoms with E-state index in [1.54, 1.807) is 0 Å². The molecule has 0 saturated carbocycles. The number of rotatable bonds is 9. The maximum absolute atomic E-state index is 13.2. The number of aliphatic carboxylic acids is 1. The number of nitrogens with one attached hydrogen (secondary N) is 1. The summed E-state index contributed by atoms with van der Waals surface area (Å²) in [4.78, 5) is 23.3. The zero-order chi connectivity index (χ0) is 23.6. The molecule has 1 aliphatic rings. The average Bonchev–Trinajstić information content (AvgIpc) is 3.36. The van der Waals surface area contributed by atoms with Crippen LogP contribution in [0.4, 0.5) is 19.0 Å². The Bertz CT molecular complexity index is 1150. The predicted molar refractivity (Wildman–Crippen MR) is 113 cm³/mol. The van der Waals surface area contributed by atoms with Crippen molar-refractivity contribution in [2.24, 2.45) is 0 Å². The van der Waals surface area contributed by atoms with Gasteiger partial charge in [0.1, 0.15) is 17.3 Å². The summed E-state index contributed by atoms with van der Waals surface area (Å²) in [5.41, 5.74) is 0. The van der Waals surface area contributed by atoms with E-state index in [2.05, 4.69) is 32.4 Å². The second-order valence-corrected chi connectivity index (χ2v) is 8.56. The number of carboxylic acid groups (broad SMARTS) is 1. The molecule has 0 unspecified atom stereocenters. The Labute approximate surface area is 190 Å². The lowest BCUT2D eigenvalue weighted by molar-refractivity contribution is -0.147. The minimum atomic E-state index is -4.56. The van der Waals surface area contributed by atoms with Crippen LogP contribution in [0.15, 0.2) is 6.07 Å². The maximum atomic E-state index is 13.2. The molecule has 0 aliphatic carbocycles. The first kappa shape index (κ1) is 23.2. The molecule has 0 radical (unpaired) electrons. The van der Waals surface area contributed by atoms with Gasteiger partial charge in [0.25, 0.3) is 0 Å². The number of hydrogen-bond donors (Lipinski definition) is 2. The highest BCUT2D eigenvalue weighted by molar-refractivity contribution is 7.18. The van der Waals surface area contributed by atoms with Crippen LogP contribution in [0.1, 0.15) is 29.9 Å². The van der Waals surface area contributed by atoms with Gasteiger partial charge < -0.3 is 24.6 Å². The van der Waals surface area contributed by atoms with E-state index in [4.69, 9.17) is 9.84 Å². The molecule has 4 rings (SSSR count). The molecule has 2 N–H and O–H groups in total. The Hall–Kier alpha value is -3.00. The molecule has 4 heterocycles. The molecule has 14 heteroatoms. The summed E-state index contributed by atoms with van der Waals surface area (Å²) in [5, 5.41) is 19.3. The van der Waals surface area contributed by atoms with Crippen molar-refractivity contribution >= 4 is 33.3 Å². The first-order valence-electron chi connectivity index (χ1n) is 10.4. The third-order valence-corrected chi connectivity index (χ3v) is 6.08. The number of carbonyl (C=O) groups is 1. The second-order valence-electron chi connectivity index (χ2n) is 7.44. The first-order chi connectivity index (χ1) is 15.8. The summed E-state index contributed by atoms with van der Waals surface area (Å²) in [6.45, 7) is 2.83. The predicted octanol–water partition coefficient (Wildman–Crippen LogP) is 2.33. The molecule has 1 aliphatic heterocycles. The molecule has 0 fully saturated rings. The molecule has 0 saturated heterocycles. The Kier molecular flexibility index (Phi) is 6.65. The fraction of sp³-hybridized carbons (Fsp3) is 0.526. The number of carboxylic acids is 1. The third-order valence-electron chi connectivity index (χ3n) is 4.99. The van der Waals surface area contributed by atoms with Crippen LogP contribution >= 0.6 is 11.3 Å². The minimum absolute atomic E-state index is 0.0733. The van der Waals surface area contributed by atoms with Gasteiger partial charge >= 0.3 is 18.2 Å². The highest BCUT2D eigenvalue weighted by Gasteiger charge is 2.39. The number of halogens is 3. The highest BCUT2D eigenvalue weighted by Crippen LogP contribution is 2.35. The van der Waals surface area contributed by atoms with Crippen molar-refractivity contribution in [2.75, 3.05) is 31.1 Å². The van der Waals surface area contributed by atoms with E-state index in [0.29, 0.717) is 18.9 Å². The lowest BCUT2D eigenvalue weighted by Crippen LogP contribution is -2.36. The number of aryl methyl sites for hydroxylation is 1. The van der Waals surface area contributed by atoms with E-state index in [-0.39, 0.29) is 38.1 Å². The standard InChI is InChI=1S/C19H22F3N7O3S/c1-2-3-11-8-12-15(24-18(25-16(12)33-11)32-7-4-23-9-14(30)31)28-5-6-29-13(10-28)26-27-17(29)19(20,21)22/h8,23H,2-7,9-10H2,1H3,(H,30,31). The van der Waals surface area contributed by atoms with E-state index in [9.17, 15) is 18.0 Å². The van der Waals surface area contributed by atoms with Gasteiger partial charge in [0, 0.05) is 24.5 Å². The zero-order valence-electron chi connectivity index (χ0n) is 17.7. The second kappa shape index (κ2) is 9.47. The SMILES string of the molecule is CCCc1cc2c(N3CCn4c(nnc4C(F)(F)F)C3)nc(OCCNCC(=O)O)nc2s1. The Morgan fingerprint density at radius 1 is 1.30 bits per heavy atom. The van der Waals surface area contributed by atoms with Crippen molar-refractivity contribution in [3.63, 3.8) is 0 Å². The molecule has 10 nitrogen and oxygen atoms in total. The quantitative estimate of drug-likeness (QED) is 0.440. The molecule has 3 aromatic rings. The van der Waals surface area contributed by atoms with E-state index in [0.717, 1.165) is 32.5 Å². The smallest absolute Gasteiger partial charge is 0.451 e. The van der Waals surface area contributed by atoms with Gasteiger partial charge in [0.05, 0.1) is 18.5 Å². The largest absolute Gasteiger partial charge is 0.480 e. The van der Waals surface area contributed by atoms with Crippen molar-refractivity contribution in [2.45, 2.75) is 39.0 Å². The van der Waals surface area contributed by atoms with Crippen LogP contribution in [-0.4, -0.2) is 62.0 Å². The summed E-state index contributed by atoms with van der Waals surface area (Å²) < 4.78 is 46.2. The number of fused-ring (bicyclic) bond motifs is 2. The topological polar surface area (TPSA) is 118 Å². The van der Waals surface area contributed by atoms with Crippen LogP contribution in [0.5, 0.6) is 6.01 Å². The van der Waals surface area contributed by atoms with E-state index in [1.165, 1.54) is 11.3 Å². The summed E-state index contributed by atoms with van der Waals surface area (Å²) in [7, 11) is 0. The highest BCUT2D eigenvalue weighted by atomic mass is 32.1. The maximum Gasteiger partial charge on any atom is 0.451 e. The third kappa shape index (κ3) is 5.16. The van der Waals surface area contributed by atoms with Crippen LogP contribution in [0.25, 0.3) is 10.2 Å². The normalized spacial score (nSPS) is 14.0. The minimum Gasteiger partial charge on any atom is -0.480 e. The average molecular weight is 485 g/mol. The van der Waals surface area contributed by atoms with Crippen molar-refractivity contribution in [3.8, 4) is 6.01 Å². The lowest BCUT2D eigenvalue weighted by Gasteiger charge is -2.29. The number of aromatic nitrogens is 5. The summed E-state index contributed by atoms with van der Waals surface area (Å²) in [6.07, 6.45) is -2.73.